The van der Waals surface area contributed by atoms with Gasteiger partial charge in [0.25, 0.3) is 0 Å². The Morgan fingerprint density at radius 1 is 1.16 bits per heavy atom. The summed E-state index contributed by atoms with van der Waals surface area (Å²) >= 11 is 1.76. The largest absolute Gasteiger partial charge is 0.356 e. The van der Waals surface area contributed by atoms with Crippen LogP contribution in [0.2, 0.25) is 0 Å². The third-order valence-electron chi connectivity index (χ3n) is 5.01. The van der Waals surface area contributed by atoms with Crippen LogP contribution in [0.3, 0.4) is 0 Å². The van der Waals surface area contributed by atoms with E-state index in [1.807, 2.05) is 36.4 Å². The summed E-state index contributed by atoms with van der Waals surface area (Å²) in [4.78, 5) is 4.80. The van der Waals surface area contributed by atoms with Crippen LogP contribution in [0, 0.1) is 13.8 Å². The van der Waals surface area contributed by atoms with E-state index in [-0.39, 0.29) is 0 Å². The normalized spacial score (nSPS) is 15.1. The number of nitrogens with zero attached hydrogens (tertiary/aromatic N) is 3. The van der Waals surface area contributed by atoms with E-state index in [4.69, 9.17) is 9.51 Å². The van der Waals surface area contributed by atoms with Gasteiger partial charge in [-0.3, -0.25) is 0 Å². The summed E-state index contributed by atoms with van der Waals surface area (Å²) in [6.45, 7) is 4.29. The van der Waals surface area contributed by atoms with Gasteiger partial charge >= 0.3 is 0 Å². The molecule has 5 heteroatoms. The Labute approximate surface area is 152 Å². The molecule has 4 nitrogen and oxygen atoms in total. The van der Waals surface area contributed by atoms with Gasteiger partial charge in [-0.15, -0.1) is 0 Å². The lowest BCUT2D eigenvalue weighted by atomic mass is 10.2. The molecular formula is C20H23N3OS. The molecule has 0 unspecified atom stereocenters. The molecule has 0 radical (unpaired) electrons. The molecule has 25 heavy (non-hydrogen) atoms. The van der Waals surface area contributed by atoms with Gasteiger partial charge < -0.3 is 9.09 Å². The van der Waals surface area contributed by atoms with Gasteiger partial charge in [0.2, 0.25) is 0 Å². The molecule has 130 valence electrons. The van der Waals surface area contributed by atoms with E-state index in [1.165, 1.54) is 31.4 Å². The van der Waals surface area contributed by atoms with Crippen molar-refractivity contribution in [3.8, 4) is 11.3 Å². The average Bonchev–Trinajstić information content (AvgIpc) is 3.36. The van der Waals surface area contributed by atoms with Gasteiger partial charge in [-0.1, -0.05) is 60.1 Å². The average molecular weight is 353 g/mol. The molecule has 0 amide bonds. The first-order valence-corrected chi connectivity index (χ1v) is 9.90. The molecule has 0 bridgehead atoms. The molecular weight excluding hydrogens is 330 g/mol. The lowest BCUT2D eigenvalue weighted by Gasteiger charge is -2.16. The van der Waals surface area contributed by atoms with E-state index < -0.39 is 0 Å². The minimum absolute atomic E-state index is 0.612. The number of rotatable bonds is 5. The highest BCUT2D eigenvalue weighted by atomic mass is 32.2. The fourth-order valence-corrected chi connectivity index (χ4v) is 4.59. The summed E-state index contributed by atoms with van der Waals surface area (Å²) in [6.07, 6.45) is 5.20. The fourth-order valence-electron chi connectivity index (χ4n) is 3.55. The van der Waals surface area contributed by atoms with E-state index in [2.05, 4.69) is 23.6 Å². The Balaban J connectivity index is 1.50. The first kappa shape index (κ1) is 16.5. The predicted octanol–water partition coefficient (Wildman–Crippen LogP) is 5.56. The van der Waals surface area contributed by atoms with Gasteiger partial charge in [0.1, 0.15) is 0 Å². The second-order valence-corrected chi connectivity index (χ2v) is 7.65. The summed E-state index contributed by atoms with van der Waals surface area (Å²) in [5.41, 5.74) is 4.46. The van der Waals surface area contributed by atoms with Gasteiger partial charge in [-0.05, 0) is 26.7 Å². The highest BCUT2D eigenvalue weighted by Crippen LogP contribution is 2.36. The Kier molecular flexibility index (Phi) is 4.66. The van der Waals surface area contributed by atoms with Crippen molar-refractivity contribution in [2.45, 2.75) is 56.5 Å². The number of hydrogen-bond acceptors (Lipinski definition) is 4. The molecule has 4 rings (SSSR count). The van der Waals surface area contributed by atoms with E-state index in [0.29, 0.717) is 6.04 Å². The maximum Gasteiger partial charge on any atom is 0.169 e. The van der Waals surface area contributed by atoms with E-state index in [1.54, 1.807) is 11.8 Å². The molecule has 3 aromatic rings. The monoisotopic (exact) mass is 353 g/mol. The molecule has 0 N–H and O–H groups in total. The number of thioether (sulfide) groups is 1. The minimum Gasteiger partial charge on any atom is -0.356 e. The zero-order chi connectivity index (χ0) is 17.2. The highest BCUT2D eigenvalue weighted by molar-refractivity contribution is 7.98. The minimum atomic E-state index is 0.612. The van der Waals surface area contributed by atoms with Crippen molar-refractivity contribution >= 4 is 11.8 Å². The van der Waals surface area contributed by atoms with Gasteiger partial charge in [0.05, 0.1) is 11.4 Å². The van der Waals surface area contributed by atoms with Crippen LogP contribution in [-0.2, 0) is 5.75 Å². The molecule has 1 aromatic carbocycles. The van der Waals surface area contributed by atoms with Crippen LogP contribution in [0.5, 0.6) is 0 Å². The second-order valence-electron chi connectivity index (χ2n) is 6.71. The first-order valence-electron chi connectivity index (χ1n) is 8.91. The summed E-state index contributed by atoms with van der Waals surface area (Å²) in [5.74, 6) is 1.60. The van der Waals surface area contributed by atoms with Crippen LogP contribution in [0.1, 0.15) is 48.8 Å². The zero-order valence-electron chi connectivity index (χ0n) is 14.7. The van der Waals surface area contributed by atoms with Crippen molar-refractivity contribution in [3.05, 3.63) is 53.5 Å². The van der Waals surface area contributed by atoms with Crippen LogP contribution >= 0.6 is 11.8 Å². The number of imidazole rings is 1. The zero-order valence-corrected chi connectivity index (χ0v) is 15.6. The molecule has 2 heterocycles. The van der Waals surface area contributed by atoms with Crippen molar-refractivity contribution in [3.63, 3.8) is 0 Å². The lowest BCUT2D eigenvalue weighted by molar-refractivity contribution is 0.426. The van der Waals surface area contributed by atoms with E-state index in [9.17, 15) is 0 Å². The Morgan fingerprint density at radius 2 is 1.92 bits per heavy atom. The standard InChI is InChI=1S/C20H23N3OS/c1-14-15(2)23(18-10-6-7-11-18)20(21-14)25-13-17-12-19(24-22-17)16-8-4-3-5-9-16/h3-5,8-9,12,18H,6-7,10-11,13H2,1-2H3. The van der Waals surface area contributed by atoms with Crippen LogP contribution < -0.4 is 0 Å². The molecule has 0 spiro atoms. The SMILES string of the molecule is Cc1nc(SCc2cc(-c3ccccc3)on2)n(C2CCCC2)c1C. The van der Waals surface area contributed by atoms with Gasteiger partial charge in [-0.25, -0.2) is 4.98 Å². The third-order valence-corrected chi connectivity index (χ3v) is 6.00. The Hall–Kier alpha value is -2.01. The van der Waals surface area contributed by atoms with E-state index >= 15 is 0 Å². The Morgan fingerprint density at radius 3 is 2.68 bits per heavy atom. The molecule has 0 aliphatic heterocycles. The highest BCUT2D eigenvalue weighted by Gasteiger charge is 2.23. The third kappa shape index (κ3) is 3.38. The van der Waals surface area contributed by atoms with Crippen molar-refractivity contribution in [1.82, 2.24) is 14.7 Å². The van der Waals surface area contributed by atoms with Gasteiger partial charge in [0.15, 0.2) is 10.9 Å². The van der Waals surface area contributed by atoms with Crippen molar-refractivity contribution < 1.29 is 4.52 Å². The fraction of sp³-hybridized carbons (Fsp3) is 0.400. The van der Waals surface area contributed by atoms with Gasteiger partial charge in [-0.2, -0.15) is 0 Å². The van der Waals surface area contributed by atoms with Crippen molar-refractivity contribution in [2.24, 2.45) is 0 Å². The predicted molar refractivity (Wildman–Crippen MR) is 101 cm³/mol. The molecule has 0 saturated heterocycles. The maximum atomic E-state index is 5.51. The quantitative estimate of drug-likeness (QED) is 0.563. The Bertz CT molecular complexity index is 847. The summed E-state index contributed by atoms with van der Waals surface area (Å²) < 4.78 is 7.96. The molecule has 1 aliphatic rings. The van der Waals surface area contributed by atoms with Gasteiger partial charge in [0, 0.05) is 29.1 Å². The van der Waals surface area contributed by atoms with Crippen molar-refractivity contribution in [1.29, 1.82) is 0 Å². The lowest BCUT2D eigenvalue weighted by Crippen LogP contribution is -2.08. The number of hydrogen-bond donors (Lipinski definition) is 0. The first-order chi connectivity index (χ1) is 12.2. The molecule has 1 fully saturated rings. The molecule has 2 aromatic heterocycles. The van der Waals surface area contributed by atoms with Crippen molar-refractivity contribution in [2.75, 3.05) is 0 Å². The number of aromatic nitrogens is 3. The molecule has 0 atom stereocenters. The molecule has 1 saturated carbocycles. The smallest absolute Gasteiger partial charge is 0.169 e. The van der Waals surface area contributed by atoms with Crippen LogP contribution in [0.15, 0.2) is 46.1 Å². The summed E-state index contributed by atoms with van der Waals surface area (Å²) in [5, 5.41) is 5.35. The summed E-state index contributed by atoms with van der Waals surface area (Å²) in [6, 6.07) is 12.7. The maximum absolute atomic E-state index is 5.51. The topological polar surface area (TPSA) is 43.9 Å². The summed E-state index contributed by atoms with van der Waals surface area (Å²) in [7, 11) is 0. The van der Waals surface area contributed by atoms with E-state index in [0.717, 1.165) is 33.6 Å². The van der Waals surface area contributed by atoms with Crippen LogP contribution in [-0.4, -0.2) is 14.7 Å². The molecule has 1 aliphatic carbocycles. The number of benzene rings is 1. The van der Waals surface area contributed by atoms with Crippen LogP contribution in [0.25, 0.3) is 11.3 Å². The number of aryl methyl sites for hydroxylation is 1. The van der Waals surface area contributed by atoms with Crippen LogP contribution in [0.4, 0.5) is 0 Å². The second kappa shape index (κ2) is 7.08.